The Morgan fingerprint density at radius 2 is 1.81 bits per heavy atom. The van der Waals surface area contributed by atoms with Crippen molar-refractivity contribution >= 4 is 27.0 Å². The molecule has 2 aliphatic rings. The molecule has 1 aromatic heterocycles. The predicted molar refractivity (Wildman–Crippen MR) is 118 cm³/mol. The molecule has 8 nitrogen and oxygen atoms in total. The van der Waals surface area contributed by atoms with E-state index in [4.69, 9.17) is 4.74 Å². The molecular formula is C22H32N4O4S. The number of amides is 1. The number of carbonyl (C=O) groups is 1. The first-order valence-electron chi connectivity index (χ1n) is 11.1. The minimum atomic E-state index is -3.50. The fraction of sp³-hybridized carbons (Fsp3) is 0.636. The zero-order chi connectivity index (χ0) is 22.2. The van der Waals surface area contributed by atoms with Crippen LogP contribution in [0.5, 0.6) is 0 Å². The molecule has 0 radical (unpaired) electrons. The van der Waals surface area contributed by atoms with Gasteiger partial charge in [-0.1, -0.05) is 6.42 Å². The summed E-state index contributed by atoms with van der Waals surface area (Å²) in [5, 5.41) is 0. The zero-order valence-electron chi connectivity index (χ0n) is 18.6. The number of imidazole rings is 1. The first-order valence-corrected chi connectivity index (χ1v) is 12.6. The number of hydrogen-bond acceptors (Lipinski definition) is 5. The van der Waals surface area contributed by atoms with Gasteiger partial charge in [-0.2, -0.15) is 4.31 Å². The summed E-state index contributed by atoms with van der Waals surface area (Å²) in [6, 6.07) is 5.14. The molecule has 0 bridgehead atoms. The molecule has 3 heterocycles. The lowest BCUT2D eigenvalue weighted by Gasteiger charge is -2.35. The fourth-order valence-electron chi connectivity index (χ4n) is 4.63. The largest absolute Gasteiger partial charge is 0.372 e. The Hall–Kier alpha value is -1.97. The van der Waals surface area contributed by atoms with Crippen molar-refractivity contribution in [3.8, 4) is 0 Å². The van der Waals surface area contributed by atoms with Crippen LogP contribution >= 0.6 is 0 Å². The second-order valence-electron chi connectivity index (χ2n) is 8.76. The van der Waals surface area contributed by atoms with Crippen LogP contribution in [-0.4, -0.2) is 71.5 Å². The number of ether oxygens (including phenoxy) is 1. The summed E-state index contributed by atoms with van der Waals surface area (Å²) in [6.07, 6.45) is 3.87. The van der Waals surface area contributed by atoms with E-state index in [2.05, 4.69) is 4.98 Å². The minimum absolute atomic E-state index is 0.0451. The van der Waals surface area contributed by atoms with Crippen LogP contribution in [0.2, 0.25) is 0 Å². The maximum atomic E-state index is 13.0. The number of fused-ring (bicyclic) bond motifs is 1. The lowest BCUT2D eigenvalue weighted by atomic mass is 10.2. The van der Waals surface area contributed by atoms with E-state index in [-0.39, 0.29) is 18.1 Å². The molecule has 0 aliphatic carbocycles. The van der Waals surface area contributed by atoms with E-state index in [1.54, 1.807) is 16.4 Å². The third kappa shape index (κ3) is 4.63. The first kappa shape index (κ1) is 22.2. The average molecular weight is 449 g/mol. The zero-order valence-corrected chi connectivity index (χ0v) is 19.4. The van der Waals surface area contributed by atoms with Crippen LogP contribution in [0.15, 0.2) is 23.1 Å². The van der Waals surface area contributed by atoms with Crippen molar-refractivity contribution in [3.63, 3.8) is 0 Å². The number of nitrogens with zero attached hydrogens (tertiary/aromatic N) is 4. The van der Waals surface area contributed by atoms with Crippen molar-refractivity contribution in [3.05, 3.63) is 24.0 Å². The highest BCUT2D eigenvalue weighted by Crippen LogP contribution is 2.25. The average Bonchev–Trinajstić information content (AvgIpc) is 3.07. The molecule has 2 saturated heterocycles. The minimum Gasteiger partial charge on any atom is -0.372 e. The lowest BCUT2D eigenvalue weighted by Crippen LogP contribution is -2.48. The number of aromatic nitrogens is 2. The summed E-state index contributed by atoms with van der Waals surface area (Å²) in [5.74, 6) is 0.882. The van der Waals surface area contributed by atoms with Crippen LogP contribution in [0.3, 0.4) is 0 Å². The van der Waals surface area contributed by atoms with Crippen molar-refractivity contribution in [1.82, 2.24) is 18.8 Å². The van der Waals surface area contributed by atoms with Crippen LogP contribution < -0.4 is 0 Å². The molecule has 31 heavy (non-hydrogen) atoms. The van der Waals surface area contributed by atoms with Crippen LogP contribution in [0, 0.1) is 0 Å². The van der Waals surface area contributed by atoms with E-state index in [1.807, 2.05) is 36.4 Å². The smallest absolute Gasteiger partial charge is 0.243 e. The van der Waals surface area contributed by atoms with Crippen molar-refractivity contribution < 1.29 is 17.9 Å². The van der Waals surface area contributed by atoms with Crippen molar-refractivity contribution in [2.45, 2.75) is 63.1 Å². The molecule has 170 valence electrons. The number of hydrogen-bond donors (Lipinski definition) is 0. The second-order valence-corrected chi connectivity index (χ2v) is 10.7. The SMILES string of the molecule is CC1CN(C(=O)CCc2nc3cc(S(=O)(=O)N4CCCCC4)ccc3n2C)CC(C)O1. The Kier molecular flexibility index (Phi) is 6.37. The maximum absolute atomic E-state index is 13.0. The number of morpholine rings is 1. The van der Waals surface area contributed by atoms with Gasteiger partial charge in [-0.25, -0.2) is 13.4 Å². The normalized spacial score (nSPS) is 23.4. The van der Waals surface area contributed by atoms with Gasteiger partial charge in [-0.05, 0) is 44.9 Å². The highest BCUT2D eigenvalue weighted by atomic mass is 32.2. The summed E-state index contributed by atoms with van der Waals surface area (Å²) in [7, 11) is -1.59. The van der Waals surface area contributed by atoms with E-state index in [1.165, 1.54) is 0 Å². The second kappa shape index (κ2) is 8.88. The van der Waals surface area contributed by atoms with Gasteiger partial charge in [0.1, 0.15) is 5.82 Å². The van der Waals surface area contributed by atoms with Gasteiger partial charge >= 0.3 is 0 Å². The molecule has 0 saturated carbocycles. The van der Waals surface area contributed by atoms with Gasteiger partial charge in [0.15, 0.2) is 0 Å². The van der Waals surface area contributed by atoms with Crippen LogP contribution in [0.4, 0.5) is 0 Å². The Morgan fingerprint density at radius 1 is 1.13 bits per heavy atom. The van der Waals surface area contributed by atoms with Gasteiger partial charge in [0.25, 0.3) is 0 Å². The number of sulfonamides is 1. The Morgan fingerprint density at radius 3 is 2.48 bits per heavy atom. The monoisotopic (exact) mass is 448 g/mol. The molecule has 1 aromatic carbocycles. The summed E-state index contributed by atoms with van der Waals surface area (Å²) in [4.78, 5) is 19.5. The summed E-state index contributed by atoms with van der Waals surface area (Å²) in [6.45, 7) is 6.35. The van der Waals surface area contributed by atoms with Crippen LogP contribution in [0.1, 0.15) is 45.4 Å². The number of piperidine rings is 1. The van der Waals surface area contributed by atoms with Crippen LogP contribution in [0.25, 0.3) is 11.0 Å². The number of rotatable bonds is 5. The summed E-state index contributed by atoms with van der Waals surface area (Å²) in [5.41, 5.74) is 1.52. The predicted octanol–water partition coefficient (Wildman–Crippen LogP) is 2.32. The van der Waals surface area contributed by atoms with Crippen molar-refractivity contribution in [1.29, 1.82) is 0 Å². The van der Waals surface area contributed by atoms with Gasteiger partial charge < -0.3 is 14.2 Å². The highest BCUT2D eigenvalue weighted by molar-refractivity contribution is 7.89. The molecule has 2 atom stereocenters. The molecule has 2 unspecified atom stereocenters. The van der Waals surface area contributed by atoms with Crippen LogP contribution in [-0.2, 0) is 33.0 Å². The quantitative estimate of drug-likeness (QED) is 0.701. The molecule has 4 rings (SSSR count). The van der Waals surface area contributed by atoms with E-state index in [0.717, 1.165) is 30.6 Å². The van der Waals surface area contributed by atoms with E-state index < -0.39 is 10.0 Å². The first-order chi connectivity index (χ1) is 14.8. The molecular weight excluding hydrogens is 416 g/mol. The Bertz CT molecular complexity index is 1050. The van der Waals surface area contributed by atoms with Gasteiger partial charge in [0.05, 0.1) is 28.1 Å². The number of aryl methyl sites for hydroxylation is 2. The molecule has 9 heteroatoms. The van der Waals surface area contributed by atoms with Crippen molar-refractivity contribution in [2.24, 2.45) is 7.05 Å². The molecule has 0 N–H and O–H groups in total. The molecule has 2 fully saturated rings. The van der Waals surface area contributed by atoms with Gasteiger partial charge in [0.2, 0.25) is 15.9 Å². The third-order valence-electron chi connectivity index (χ3n) is 6.23. The Balaban J connectivity index is 1.49. The van der Waals surface area contributed by atoms with Crippen molar-refractivity contribution in [2.75, 3.05) is 26.2 Å². The van der Waals surface area contributed by atoms with E-state index in [0.29, 0.717) is 49.4 Å². The third-order valence-corrected chi connectivity index (χ3v) is 8.13. The van der Waals surface area contributed by atoms with Gasteiger partial charge in [-0.3, -0.25) is 4.79 Å². The van der Waals surface area contributed by atoms with Gasteiger partial charge in [-0.15, -0.1) is 0 Å². The fourth-order valence-corrected chi connectivity index (χ4v) is 6.16. The number of benzene rings is 1. The standard InChI is InChI=1S/C22H32N4O4S/c1-16-14-25(15-17(2)30-16)22(27)10-9-21-23-19-13-18(7-8-20(19)24(21)3)31(28,29)26-11-5-4-6-12-26/h7-8,13,16-17H,4-6,9-12,14-15H2,1-3H3. The Labute approximate surface area is 184 Å². The highest BCUT2D eigenvalue weighted by Gasteiger charge is 2.28. The molecule has 2 aliphatic heterocycles. The van der Waals surface area contributed by atoms with E-state index in [9.17, 15) is 13.2 Å². The molecule has 2 aromatic rings. The van der Waals surface area contributed by atoms with E-state index >= 15 is 0 Å². The topological polar surface area (TPSA) is 84.7 Å². The molecule has 0 spiro atoms. The lowest BCUT2D eigenvalue weighted by molar-refractivity contribution is -0.143. The molecule has 1 amide bonds. The summed E-state index contributed by atoms with van der Waals surface area (Å²) >= 11 is 0. The maximum Gasteiger partial charge on any atom is 0.243 e. The summed E-state index contributed by atoms with van der Waals surface area (Å²) < 4.78 is 35.2. The van der Waals surface area contributed by atoms with Gasteiger partial charge in [0, 0.05) is 46.1 Å². The number of carbonyl (C=O) groups excluding carboxylic acids is 1.